The SMILES string of the molecule is Cc1ccc(NC(=O)c2cccc(C)c2F)c(C)n1. The summed E-state index contributed by atoms with van der Waals surface area (Å²) in [6.45, 7) is 5.30. The molecule has 0 radical (unpaired) electrons. The maximum Gasteiger partial charge on any atom is 0.258 e. The molecule has 0 aliphatic carbocycles. The predicted molar refractivity (Wildman–Crippen MR) is 72.8 cm³/mol. The molecule has 0 aliphatic heterocycles. The Morgan fingerprint density at radius 2 is 1.89 bits per heavy atom. The Bertz CT molecular complexity index is 638. The number of carbonyl (C=O) groups excluding carboxylic acids is 1. The quantitative estimate of drug-likeness (QED) is 0.897. The van der Waals surface area contributed by atoms with Gasteiger partial charge >= 0.3 is 0 Å². The number of halogens is 1. The molecule has 2 rings (SSSR count). The number of nitrogens with zero attached hydrogens (tertiary/aromatic N) is 1. The van der Waals surface area contributed by atoms with Crippen molar-refractivity contribution in [2.24, 2.45) is 0 Å². The van der Waals surface area contributed by atoms with Crippen molar-refractivity contribution in [3.05, 3.63) is 58.7 Å². The van der Waals surface area contributed by atoms with Crippen LogP contribution in [0.4, 0.5) is 10.1 Å². The zero-order valence-corrected chi connectivity index (χ0v) is 11.1. The molecule has 0 bridgehead atoms. The molecule has 1 N–H and O–H groups in total. The lowest BCUT2D eigenvalue weighted by atomic mass is 10.1. The van der Waals surface area contributed by atoms with Gasteiger partial charge in [0.05, 0.1) is 16.9 Å². The van der Waals surface area contributed by atoms with E-state index in [1.165, 1.54) is 6.07 Å². The minimum Gasteiger partial charge on any atom is -0.320 e. The fourth-order valence-corrected chi connectivity index (χ4v) is 1.83. The number of nitrogens with one attached hydrogen (secondary N) is 1. The van der Waals surface area contributed by atoms with Crippen molar-refractivity contribution >= 4 is 11.6 Å². The van der Waals surface area contributed by atoms with Gasteiger partial charge in [0.2, 0.25) is 0 Å². The van der Waals surface area contributed by atoms with Crippen LogP contribution in [-0.4, -0.2) is 10.9 Å². The summed E-state index contributed by atoms with van der Waals surface area (Å²) in [6, 6.07) is 8.32. The Labute approximate surface area is 111 Å². The van der Waals surface area contributed by atoms with Crippen molar-refractivity contribution in [2.75, 3.05) is 5.32 Å². The number of amides is 1. The molecule has 0 atom stereocenters. The number of hydrogen-bond donors (Lipinski definition) is 1. The Hall–Kier alpha value is -2.23. The average Bonchev–Trinajstić information content (AvgIpc) is 2.36. The third kappa shape index (κ3) is 2.78. The van der Waals surface area contributed by atoms with E-state index in [4.69, 9.17) is 0 Å². The Morgan fingerprint density at radius 3 is 2.58 bits per heavy atom. The van der Waals surface area contributed by atoms with Crippen LogP contribution in [0.3, 0.4) is 0 Å². The van der Waals surface area contributed by atoms with Crippen LogP contribution in [0.15, 0.2) is 30.3 Å². The third-order valence-electron chi connectivity index (χ3n) is 2.91. The van der Waals surface area contributed by atoms with Crippen LogP contribution >= 0.6 is 0 Å². The Morgan fingerprint density at radius 1 is 1.16 bits per heavy atom. The lowest BCUT2D eigenvalue weighted by Crippen LogP contribution is -2.15. The second-order valence-electron chi connectivity index (χ2n) is 4.48. The molecule has 98 valence electrons. The number of aromatic nitrogens is 1. The number of pyridine rings is 1. The minimum absolute atomic E-state index is 0.0416. The van der Waals surface area contributed by atoms with E-state index in [1.54, 1.807) is 38.1 Å². The van der Waals surface area contributed by atoms with E-state index in [-0.39, 0.29) is 5.56 Å². The van der Waals surface area contributed by atoms with E-state index < -0.39 is 11.7 Å². The second kappa shape index (κ2) is 5.18. The summed E-state index contributed by atoms with van der Waals surface area (Å²) < 4.78 is 13.8. The Kier molecular flexibility index (Phi) is 3.60. The molecular formula is C15H15FN2O. The van der Waals surface area contributed by atoms with Crippen LogP contribution in [-0.2, 0) is 0 Å². The molecule has 0 unspecified atom stereocenters. The average molecular weight is 258 g/mol. The summed E-state index contributed by atoms with van der Waals surface area (Å²) in [6.07, 6.45) is 0. The summed E-state index contributed by atoms with van der Waals surface area (Å²) in [5, 5.41) is 2.68. The molecule has 1 amide bonds. The first-order valence-electron chi connectivity index (χ1n) is 6.00. The highest BCUT2D eigenvalue weighted by atomic mass is 19.1. The normalized spacial score (nSPS) is 10.3. The molecule has 0 aliphatic rings. The van der Waals surface area contributed by atoms with Crippen LogP contribution in [0.1, 0.15) is 27.3 Å². The lowest BCUT2D eigenvalue weighted by Gasteiger charge is -2.09. The standard InChI is InChI=1S/C15H15FN2O/c1-9-5-4-6-12(14(9)16)15(19)18-13-8-7-10(2)17-11(13)3/h4-8H,1-3H3,(H,18,19). The molecule has 2 aromatic rings. The number of aryl methyl sites for hydroxylation is 3. The topological polar surface area (TPSA) is 42.0 Å². The van der Waals surface area contributed by atoms with Gasteiger partial charge in [-0.1, -0.05) is 12.1 Å². The molecule has 0 saturated heterocycles. The highest BCUT2D eigenvalue weighted by Gasteiger charge is 2.14. The molecule has 4 heteroatoms. The largest absolute Gasteiger partial charge is 0.320 e. The molecule has 1 heterocycles. The number of hydrogen-bond acceptors (Lipinski definition) is 2. The summed E-state index contributed by atoms with van der Waals surface area (Å²) in [5.74, 6) is -0.951. The summed E-state index contributed by atoms with van der Waals surface area (Å²) in [7, 11) is 0. The molecule has 0 fully saturated rings. The Balaban J connectivity index is 2.28. The number of anilines is 1. The summed E-state index contributed by atoms with van der Waals surface area (Å²) >= 11 is 0. The molecule has 3 nitrogen and oxygen atoms in total. The summed E-state index contributed by atoms with van der Waals surface area (Å²) in [4.78, 5) is 16.3. The van der Waals surface area contributed by atoms with Gasteiger partial charge in [0.25, 0.3) is 5.91 Å². The molecular weight excluding hydrogens is 243 g/mol. The van der Waals surface area contributed by atoms with Gasteiger partial charge in [0, 0.05) is 5.69 Å². The maximum absolute atomic E-state index is 13.8. The van der Waals surface area contributed by atoms with Crippen LogP contribution in [0.5, 0.6) is 0 Å². The van der Waals surface area contributed by atoms with Crippen molar-refractivity contribution in [3.63, 3.8) is 0 Å². The zero-order chi connectivity index (χ0) is 14.0. The molecule has 1 aromatic carbocycles. The van der Waals surface area contributed by atoms with Crippen LogP contribution in [0.25, 0.3) is 0 Å². The van der Waals surface area contributed by atoms with Gasteiger partial charge in [-0.2, -0.15) is 0 Å². The van der Waals surface area contributed by atoms with Crippen LogP contribution in [0, 0.1) is 26.6 Å². The smallest absolute Gasteiger partial charge is 0.258 e. The summed E-state index contributed by atoms with van der Waals surface area (Å²) in [5.41, 5.74) is 2.67. The van der Waals surface area contributed by atoms with E-state index in [2.05, 4.69) is 10.3 Å². The minimum atomic E-state index is -0.488. The first kappa shape index (κ1) is 13.2. The van der Waals surface area contributed by atoms with Gasteiger partial charge in [0.15, 0.2) is 0 Å². The van der Waals surface area contributed by atoms with Gasteiger partial charge in [-0.25, -0.2) is 4.39 Å². The molecule has 1 aromatic heterocycles. The van der Waals surface area contributed by atoms with Gasteiger partial charge < -0.3 is 5.32 Å². The van der Waals surface area contributed by atoms with Crippen molar-refractivity contribution in [1.29, 1.82) is 0 Å². The molecule has 19 heavy (non-hydrogen) atoms. The van der Waals surface area contributed by atoms with E-state index in [9.17, 15) is 9.18 Å². The third-order valence-corrected chi connectivity index (χ3v) is 2.91. The van der Waals surface area contributed by atoms with Crippen molar-refractivity contribution < 1.29 is 9.18 Å². The van der Waals surface area contributed by atoms with Crippen LogP contribution in [0.2, 0.25) is 0 Å². The first-order chi connectivity index (χ1) is 8.99. The van der Waals surface area contributed by atoms with Gasteiger partial charge in [0.1, 0.15) is 5.82 Å². The first-order valence-corrected chi connectivity index (χ1v) is 6.00. The fourth-order valence-electron chi connectivity index (χ4n) is 1.83. The fraction of sp³-hybridized carbons (Fsp3) is 0.200. The number of carbonyl (C=O) groups is 1. The molecule has 0 spiro atoms. The van der Waals surface area contributed by atoms with E-state index in [0.717, 1.165) is 5.69 Å². The van der Waals surface area contributed by atoms with E-state index in [1.807, 2.05) is 6.92 Å². The maximum atomic E-state index is 13.8. The molecule has 0 saturated carbocycles. The highest BCUT2D eigenvalue weighted by Crippen LogP contribution is 2.17. The van der Waals surface area contributed by atoms with Gasteiger partial charge in [-0.15, -0.1) is 0 Å². The van der Waals surface area contributed by atoms with Crippen molar-refractivity contribution in [1.82, 2.24) is 4.98 Å². The van der Waals surface area contributed by atoms with Crippen molar-refractivity contribution in [3.8, 4) is 0 Å². The van der Waals surface area contributed by atoms with Crippen molar-refractivity contribution in [2.45, 2.75) is 20.8 Å². The van der Waals surface area contributed by atoms with E-state index >= 15 is 0 Å². The number of rotatable bonds is 2. The predicted octanol–water partition coefficient (Wildman–Crippen LogP) is 3.40. The van der Waals surface area contributed by atoms with Gasteiger partial charge in [-0.05, 0) is 44.5 Å². The lowest BCUT2D eigenvalue weighted by molar-refractivity contribution is 0.102. The highest BCUT2D eigenvalue weighted by molar-refractivity contribution is 6.04. The monoisotopic (exact) mass is 258 g/mol. The zero-order valence-electron chi connectivity index (χ0n) is 11.1. The number of benzene rings is 1. The second-order valence-corrected chi connectivity index (χ2v) is 4.48. The van der Waals surface area contributed by atoms with E-state index in [0.29, 0.717) is 16.9 Å². The van der Waals surface area contributed by atoms with Gasteiger partial charge in [-0.3, -0.25) is 9.78 Å². The van der Waals surface area contributed by atoms with Crippen LogP contribution < -0.4 is 5.32 Å².